The van der Waals surface area contributed by atoms with Crippen LogP contribution in [0.15, 0.2) is 24.3 Å². The largest absolute Gasteiger partial charge is 0.393 e. The molecule has 1 aliphatic carbocycles. The monoisotopic (exact) mass is 370 g/mol. The first kappa shape index (κ1) is 17.7. The number of aliphatic hydroxyl groups is 1. The van der Waals surface area contributed by atoms with Crippen molar-refractivity contribution in [3.05, 3.63) is 30.0 Å². The lowest BCUT2D eigenvalue weighted by Gasteiger charge is -2.19. The fraction of sp³-hybridized carbons (Fsp3) is 0.474. The van der Waals surface area contributed by atoms with Gasteiger partial charge >= 0.3 is 0 Å². The van der Waals surface area contributed by atoms with Crippen LogP contribution in [0.25, 0.3) is 10.9 Å². The molecule has 0 bridgehead atoms. The summed E-state index contributed by atoms with van der Waals surface area (Å²) < 4.78 is 1.61. The van der Waals surface area contributed by atoms with Crippen molar-refractivity contribution >= 4 is 28.6 Å². The molecule has 3 atom stereocenters. The van der Waals surface area contributed by atoms with Crippen LogP contribution >= 0.6 is 0 Å². The van der Waals surface area contributed by atoms with Gasteiger partial charge in [0.15, 0.2) is 0 Å². The summed E-state index contributed by atoms with van der Waals surface area (Å²) in [6, 6.07) is 7.46. The van der Waals surface area contributed by atoms with Gasteiger partial charge in [0.1, 0.15) is 6.54 Å². The second-order valence-corrected chi connectivity index (χ2v) is 7.30. The summed E-state index contributed by atoms with van der Waals surface area (Å²) in [6.07, 6.45) is 2.40. The molecule has 0 radical (unpaired) electrons. The molecule has 0 spiro atoms. The highest BCUT2D eigenvalue weighted by atomic mass is 16.3. The highest BCUT2D eigenvalue weighted by molar-refractivity contribution is 6.02. The zero-order valence-corrected chi connectivity index (χ0v) is 14.9. The van der Waals surface area contributed by atoms with E-state index in [1.165, 1.54) is 0 Å². The molecule has 1 saturated heterocycles. The SMILES string of the molecule is O=C1CCC(c2nn(CC(=O)NC3CCC(O)C3)c3ccccc23)C(=O)N1. The Balaban J connectivity index is 1.57. The van der Waals surface area contributed by atoms with Crippen molar-refractivity contribution in [2.75, 3.05) is 0 Å². The summed E-state index contributed by atoms with van der Waals surface area (Å²) in [5.74, 6) is -1.27. The van der Waals surface area contributed by atoms with Crippen LogP contribution in [0.1, 0.15) is 43.7 Å². The van der Waals surface area contributed by atoms with E-state index < -0.39 is 5.92 Å². The number of para-hydroxylation sites is 1. The van der Waals surface area contributed by atoms with Gasteiger partial charge in [0.2, 0.25) is 17.7 Å². The third-order valence-electron chi connectivity index (χ3n) is 5.32. The average Bonchev–Trinajstić information content (AvgIpc) is 3.19. The lowest BCUT2D eigenvalue weighted by molar-refractivity contribution is -0.134. The van der Waals surface area contributed by atoms with Crippen molar-refractivity contribution in [2.45, 2.75) is 56.7 Å². The normalized spacial score (nSPS) is 25.6. The first-order chi connectivity index (χ1) is 13.0. The number of hydrogen-bond acceptors (Lipinski definition) is 5. The Labute approximate surface area is 155 Å². The van der Waals surface area contributed by atoms with E-state index in [1.54, 1.807) is 4.68 Å². The van der Waals surface area contributed by atoms with Crippen molar-refractivity contribution < 1.29 is 19.5 Å². The molecule has 2 fully saturated rings. The Kier molecular flexibility index (Phi) is 4.65. The molecule has 142 valence electrons. The number of carbonyl (C=O) groups excluding carboxylic acids is 3. The van der Waals surface area contributed by atoms with E-state index in [2.05, 4.69) is 15.7 Å². The molecule has 2 aromatic rings. The highest BCUT2D eigenvalue weighted by Crippen LogP contribution is 2.30. The molecule has 3 N–H and O–H groups in total. The van der Waals surface area contributed by atoms with E-state index in [1.807, 2.05) is 24.3 Å². The summed E-state index contributed by atoms with van der Waals surface area (Å²) in [4.78, 5) is 36.1. The number of aliphatic hydroxyl groups excluding tert-OH is 1. The number of piperidine rings is 1. The third-order valence-corrected chi connectivity index (χ3v) is 5.32. The number of aromatic nitrogens is 2. The minimum atomic E-state index is -0.498. The predicted octanol–water partition coefficient (Wildman–Crippen LogP) is 0.586. The van der Waals surface area contributed by atoms with Crippen LogP contribution in [0.5, 0.6) is 0 Å². The second kappa shape index (κ2) is 7.11. The van der Waals surface area contributed by atoms with Gasteiger partial charge < -0.3 is 10.4 Å². The maximum Gasteiger partial charge on any atom is 0.241 e. The smallest absolute Gasteiger partial charge is 0.241 e. The molecule has 4 rings (SSSR count). The Morgan fingerprint density at radius 3 is 2.81 bits per heavy atom. The molecular formula is C19H22N4O4. The van der Waals surface area contributed by atoms with Crippen molar-refractivity contribution in [2.24, 2.45) is 0 Å². The molecule has 1 aromatic heterocycles. The molecule has 3 amide bonds. The number of amides is 3. The number of imide groups is 1. The highest BCUT2D eigenvalue weighted by Gasteiger charge is 2.32. The van der Waals surface area contributed by atoms with E-state index >= 15 is 0 Å². The van der Waals surface area contributed by atoms with E-state index in [-0.39, 0.29) is 42.8 Å². The summed E-state index contributed by atoms with van der Waals surface area (Å²) in [7, 11) is 0. The zero-order chi connectivity index (χ0) is 19.0. The van der Waals surface area contributed by atoms with Crippen LogP contribution in [0.4, 0.5) is 0 Å². The zero-order valence-electron chi connectivity index (χ0n) is 14.9. The van der Waals surface area contributed by atoms with E-state index in [9.17, 15) is 19.5 Å². The topological polar surface area (TPSA) is 113 Å². The number of rotatable bonds is 4. The number of fused-ring (bicyclic) bond motifs is 1. The van der Waals surface area contributed by atoms with Gasteiger partial charge in [0.05, 0.1) is 23.2 Å². The van der Waals surface area contributed by atoms with Crippen LogP contribution in [0, 0.1) is 0 Å². The minimum absolute atomic E-state index is 0.0102. The number of carbonyl (C=O) groups is 3. The summed E-state index contributed by atoms with van der Waals surface area (Å²) >= 11 is 0. The van der Waals surface area contributed by atoms with Gasteiger partial charge in [-0.3, -0.25) is 24.4 Å². The minimum Gasteiger partial charge on any atom is -0.393 e. The first-order valence-corrected chi connectivity index (χ1v) is 9.28. The molecule has 1 aromatic carbocycles. The average molecular weight is 370 g/mol. The number of nitrogens with one attached hydrogen (secondary N) is 2. The molecule has 27 heavy (non-hydrogen) atoms. The van der Waals surface area contributed by atoms with Crippen LogP contribution in [-0.2, 0) is 20.9 Å². The summed E-state index contributed by atoms with van der Waals surface area (Å²) in [6.45, 7) is 0.0420. The molecule has 2 heterocycles. The van der Waals surface area contributed by atoms with Gasteiger partial charge in [0, 0.05) is 17.8 Å². The molecular weight excluding hydrogens is 348 g/mol. The maximum atomic E-state index is 12.4. The molecule has 1 aliphatic heterocycles. The van der Waals surface area contributed by atoms with Crippen LogP contribution in [0.2, 0.25) is 0 Å². The van der Waals surface area contributed by atoms with Gasteiger partial charge in [0.25, 0.3) is 0 Å². The van der Waals surface area contributed by atoms with E-state index in [0.29, 0.717) is 25.0 Å². The first-order valence-electron chi connectivity index (χ1n) is 9.28. The molecule has 8 nitrogen and oxygen atoms in total. The number of hydrogen-bond donors (Lipinski definition) is 3. The van der Waals surface area contributed by atoms with Crippen LogP contribution < -0.4 is 10.6 Å². The lowest BCUT2D eigenvalue weighted by atomic mass is 9.93. The van der Waals surface area contributed by atoms with Gasteiger partial charge in [-0.15, -0.1) is 0 Å². The van der Waals surface area contributed by atoms with Crippen molar-refractivity contribution in [3.63, 3.8) is 0 Å². The van der Waals surface area contributed by atoms with Crippen LogP contribution in [0.3, 0.4) is 0 Å². The Morgan fingerprint density at radius 2 is 2.07 bits per heavy atom. The van der Waals surface area contributed by atoms with Crippen LogP contribution in [-0.4, -0.2) is 44.8 Å². The fourth-order valence-electron chi connectivity index (χ4n) is 3.98. The van der Waals surface area contributed by atoms with Gasteiger partial charge in [-0.2, -0.15) is 5.10 Å². The third kappa shape index (κ3) is 3.57. The Morgan fingerprint density at radius 1 is 1.26 bits per heavy atom. The molecule has 3 unspecified atom stereocenters. The van der Waals surface area contributed by atoms with Crippen molar-refractivity contribution in [3.8, 4) is 0 Å². The number of benzene rings is 1. The quantitative estimate of drug-likeness (QED) is 0.682. The molecule has 2 aliphatic rings. The van der Waals surface area contributed by atoms with Gasteiger partial charge in [-0.1, -0.05) is 18.2 Å². The standard InChI is InChI=1S/C19H22N4O4/c24-12-6-5-11(9-12)20-17(26)10-23-15-4-2-1-3-13(15)18(22-23)14-7-8-16(25)21-19(14)27/h1-4,11-12,14,24H,5-10H2,(H,20,26)(H,21,25,27). The van der Waals surface area contributed by atoms with E-state index in [0.717, 1.165) is 17.3 Å². The molecule has 8 heteroatoms. The van der Waals surface area contributed by atoms with Gasteiger partial charge in [-0.25, -0.2) is 0 Å². The van der Waals surface area contributed by atoms with Gasteiger partial charge in [-0.05, 0) is 31.7 Å². The van der Waals surface area contributed by atoms with Crippen molar-refractivity contribution in [1.82, 2.24) is 20.4 Å². The second-order valence-electron chi connectivity index (χ2n) is 7.30. The molecule has 1 saturated carbocycles. The summed E-state index contributed by atoms with van der Waals surface area (Å²) in [5, 5.41) is 20.3. The van der Waals surface area contributed by atoms with Crippen molar-refractivity contribution in [1.29, 1.82) is 0 Å². The Hall–Kier alpha value is -2.74. The number of nitrogens with zero attached hydrogens (tertiary/aromatic N) is 2. The predicted molar refractivity (Wildman–Crippen MR) is 96.6 cm³/mol. The Bertz CT molecular complexity index is 906. The van der Waals surface area contributed by atoms with E-state index in [4.69, 9.17) is 0 Å². The summed E-state index contributed by atoms with van der Waals surface area (Å²) in [5.41, 5.74) is 1.37. The lowest BCUT2D eigenvalue weighted by Crippen LogP contribution is -2.39. The fourth-order valence-corrected chi connectivity index (χ4v) is 3.98. The maximum absolute atomic E-state index is 12.4.